The molecule has 180 valence electrons. The Labute approximate surface area is 205 Å². The highest BCUT2D eigenvalue weighted by molar-refractivity contribution is 5.92. The van der Waals surface area contributed by atoms with Crippen LogP contribution in [0.25, 0.3) is 22.4 Å². The van der Waals surface area contributed by atoms with Crippen LogP contribution in [0.2, 0.25) is 0 Å². The van der Waals surface area contributed by atoms with Gasteiger partial charge in [0.05, 0.1) is 11.9 Å². The topological polar surface area (TPSA) is 92.9 Å². The van der Waals surface area contributed by atoms with Crippen molar-refractivity contribution in [3.05, 3.63) is 84.8 Å². The average molecular weight is 470 g/mol. The number of hydrogen-bond donors (Lipinski definition) is 2. The lowest BCUT2D eigenvalue weighted by Gasteiger charge is -2.15. The molecule has 4 rings (SSSR count). The van der Waals surface area contributed by atoms with Crippen molar-refractivity contribution >= 4 is 11.8 Å². The van der Waals surface area contributed by atoms with Crippen molar-refractivity contribution in [3.63, 3.8) is 0 Å². The molecule has 0 aliphatic heterocycles. The molecule has 7 heteroatoms. The van der Waals surface area contributed by atoms with Gasteiger partial charge in [-0.15, -0.1) is 5.10 Å². The number of anilines is 1. The van der Waals surface area contributed by atoms with E-state index in [1.165, 1.54) is 12.8 Å². The van der Waals surface area contributed by atoms with Crippen LogP contribution in [0.3, 0.4) is 0 Å². The summed E-state index contributed by atoms with van der Waals surface area (Å²) in [4.78, 5) is 15.6. The lowest BCUT2D eigenvalue weighted by molar-refractivity contribution is 0.209. The number of aryl methyl sites for hydroxylation is 2. The highest BCUT2D eigenvalue weighted by Gasteiger charge is 2.12. The molecule has 0 unspecified atom stereocenters. The average Bonchev–Trinajstić information content (AvgIpc) is 3.36. The van der Waals surface area contributed by atoms with E-state index in [0.717, 1.165) is 66.6 Å². The number of nitrogens with one attached hydrogen (secondary N) is 1. The van der Waals surface area contributed by atoms with Crippen molar-refractivity contribution in [1.29, 1.82) is 0 Å². The van der Waals surface area contributed by atoms with Gasteiger partial charge in [0.1, 0.15) is 5.69 Å². The van der Waals surface area contributed by atoms with Crippen molar-refractivity contribution in [1.82, 2.24) is 20.0 Å². The van der Waals surface area contributed by atoms with E-state index in [1.54, 1.807) is 12.4 Å². The lowest BCUT2D eigenvalue weighted by atomic mass is 9.96. The van der Waals surface area contributed by atoms with Crippen molar-refractivity contribution in [3.8, 4) is 22.4 Å². The predicted octanol–water partition coefficient (Wildman–Crippen LogP) is 6.68. The van der Waals surface area contributed by atoms with Gasteiger partial charge in [-0.25, -0.2) is 4.79 Å². The number of amides is 1. The molecule has 0 bridgehead atoms. The molecule has 2 N–H and O–H groups in total. The first-order chi connectivity index (χ1) is 17.2. The van der Waals surface area contributed by atoms with Crippen LogP contribution >= 0.6 is 0 Å². The van der Waals surface area contributed by atoms with E-state index in [2.05, 4.69) is 20.6 Å². The largest absolute Gasteiger partial charge is 0.465 e. The number of nitrogens with zero attached hydrogens (tertiary/aromatic N) is 4. The summed E-state index contributed by atoms with van der Waals surface area (Å²) in [6.45, 7) is 0.865. The molecule has 1 amide bonds. The third kappa shape index (κ3) is 6.99. The van der Waals surface area contributed by atoms with E-state index >= 15 is 0 Å². The normalized spacial score (nSPS) is 10.9. The van der Waals surface area contributed by atoms with E-state index in [9.17, 15) is 9.90 Å². The Morgan fingerprint density at radius 2 is 1.63 bits per heavy atom. The van der Waals surface area contributed by atoms with Gasteiger partial charge in [0.15, 0.2) is 0 Å². The molecular weight excluding hydrogens is 438 g/mol. The Kier molecular flexibility index (Phi) is 8.59. The second-order valence-corrected chi connectivity index (χ2v) is 8.62. The summed E-state index contributed by atoms with van der Waals surface area (Å²) < 4.78 is 1.90. The molecule has 0 radical (unpaired) electrons. The van der Waals surface area contributed by atoms with Gasteiger partial charge in [0.2, 0.25) is 0 Å². The van der Waals surface area contributed by atoms with Crippen LogP contribution < -0.4 is 5.32 Å². The Morgan fingerprint density at radius 1 is 0.857 bits per heavy atom. The molecule has 0 atom stereocenters. The molecule has 2 heterocycles. The van der Waals surface area contributed by atoms with Crippen molar-refractivity contribution in [2.45, 2.75) is 51.5 Å². The fraction of sp³-hybridized carbons (Fsp3) is 0.286. The number of aromatic nitrogens is 4. The summed E-state index contributed by atoms with van der Waals surface area (Å²) in [6.07, 6.45) is 12.1. The SMILES string of the molecule is O=C(O)Nc1c(CCCCCCCCn2cc(-c3cccnc3)nn2)cccc1-c1ccccc1. The van der Waals surface area contributed by atoms with Gasteiger partial charge in [-0.2, -0.15) is 0 Å². The highest BCUT2D eigenvalue weighted by atomic mass is 16.4. The summed E-state index contributed by atoms with van der Waals surface area (Å²) in [5.41, 5.74) is 5.51. The number of hydrogen-bond acceptors (Lipinski definition) is 4. The Morgan fingerprint density at radius 3 is 2.40 bits per heavy atom. The minimum atomic E-state index is -1.03. The molecule has 35 heavy (non-hydrogen) atoms. The molecule has 2 aromatic carbocycles. The third-order valence-corrected chi connectivity index (χ3v) is 6.05. The minimum Gasteiger partial charge on any atom is -0.465 e. The fourth-order valence-corrected chi connectivity index (χ4v) is 4.27. The summed E-state index contributed by atoms with van der Waals surface area (Å²) >= 11 is 0. The number of carboxylic acid groups (broad SMARTS) is 1. The van der Waals surface area contributed by atoms with Crippen molar-refractivity contribution in [2.75, 3.05) is 5.32 Å². The fourth-order valence-electron chi connectivity index (χ4n) is 4.27. The quantitative estimate of drug-likeness (QED) is 0.226. The predicted molar refractivity (Wildman–Crippen MR) is 138 cm³/mol. The van der Waals surface area contributed by atoms with E-state index in [0.29, 0.717) is 5.69 Å². The molecule has 7 nitrogen and oxygen atoms in total. The molecule has 0 fully saturated rings. The Hall–Kier alpha value is -4.00. The first kappa shape index (κ1) is 24.1. The van der Waals surface area contributed by atoms with Gasteiger partial charge in [0.25, 0.3) is 0 Å². The van der Waals surface area contributed by atoms with Gasteiger partial charge in [0, 0.05) is 30.1 Å². The summed E-state index contributed by atoms with van der Waals surface area (Å²) in [6, 6.07) is 19.8. The van der Waals surface area contributed by atoms with Crippen LogP contribution in [0.1, 0.15) is 44.1 Å². The molecular formula is C28H31N5O2. The zero-order valence-corrected chi connectivity index (χ0v) is 19.8. The third-order valence-electron chi connectivity index (χ3n) is 6.05. The van der Waals surface area contributed by atoms with Gasteiger partial charge < -0.3 is 5.11 Å². The van der Waals surface area contributed by atoms with E-state index in [4.69, 9.17) is 0 Å². The van der Waals surface area contributed by atoms with Gasteiger partial charge in [-0.1, -0.05) is 79.4 Å². The van der Waals surface area contributed by atoms with E-state index < -0.39 is 6.09 Å². The Bertz CT molecular complexity index is 1210. The zero-order valence-electron chi connectivity index (χ0n) is 19.8. The first-order valence-electron chi connectivity index (χ1n) is 12.2. The Balaban J connectivity index is 1.20. The number of para-hydroxylation sites is 1. The monoisotopic (exact) mass is 469 g/mol. The summed E-state index contributed by atoms with van der Waals surface area (Å²) in [5, 5.41) is 20.5. The molecule has 0 aliphatic carbocycles. The van der Waals surface area contributed by atoms with Crippen LogP contribution in [0, 0.1) is 0 Å². The number of carbonyl (C=O) groups is 1. The first-order valence-corrected chi connectivity index (χ1v) is 12.2. The van der Waals surface area contributed by atoms with Gasteiger partial charge in [-0.3, -0.25) is 15.0 Å². The smallest absolute Gasteiger partial charge is 0.409 e. The maximum atomic E-state index is 11.4. The number of rotatable bonds is 12. The number of unbranched alkanes of at least 4 members (excludes halogenated alkanes) is 5. The van der Waals surface area contributed by atoms with Gasteiger partial charge >= 0.3 is 6.09 Å². The van der Waals surface area contributed by atoms with Crippen LogP contribution in [0.15, 0.2) is 79.3 Å². The van der Waals surface area contributed by atoms with E-state index in [-0.39, 0.29) is 0 Å². The van der Waals surface area contributed by atoms with Gasteiger partial charge in [-0.05, 0) is 42.5 Å². The number of benzene rings is 2. The van der Waals surface area contributed by atoms with Crippen molar-refractivity contribution < 1.29 is 9.90 Å². The maximum absolute atomic E-state index is 11.4. The molecule has 0 spiro atoms. The second kappa shape index (κ2) is 12.5. The maximum Gasteiger partial charge on any atom is 0.409 e. The minimum absolute atomic E-state index is 0.699. The molecule has 4 aromatic rings. The van der Waals surface area contributed by atoms with Crippen molar-refractivity contribution in [2.24, 2.45) is 0 Å². The molecule has 0 saturated heterocycles. The van der Waals surface area contributed by atoms with Crippen LogP contribution in [0.4, 0.5) is 10.5 Å². The highest BCUT2D eigenvalue weighted by Crippen LogP contribution is 2.32. The van der Waals surface area contributed by atoms with Crippen LogP contribution in [-0.2, 0) is 13.0 Å². The van der Waals surface area contributed by atoms with Crippen LogP contribution in [-0.4, -0.2) is 31.2 Å². The standard InChI is InChI=1S/C28H31N5O2/c34-28(35)30-27-23(15-10-17-25(27)22-12-7-5-8-13-22)14-6-3-1-2-4-9-19-33-21-26(31-32-33)24-16-11-18-29-20-24/h5,7-8,10-13,15-18,20-21,30H,1-4,6,9,14,19H2,(H,34,35). The zero-order chi connectivity index (χ0) is 24.3. The second-order valence-electron chi connectivity index (χ2n) is 8.62. The van der Waals surface area contributed by atoms with Crippen LogP contribution in [0.5, 0.6) is 0 Å². The summed E-state index contributed by atoms with van der Waals surface area (Å²) in [5.74, 6) is 0. The van der Waals surface area contributed by atoms with E-state index in [1.807, 2.05) is 71.5 Å². The molecule has 0 aliphatic rings. The summed E-state index contributed by atoms with van der Waals surface area (Å²) in [7, 11) is 0. The number of pyridine rings is 1. The molecule has 2 aromatic heterocycles. The molecule has 0 saturated carbocycles. The lowest BCUT2D eigenvalue weighted by Crippen LogP contribution is -2.10.